The Labute approximate surface area is 104 Å². The highest BCUT2D eigenvalue weighted by Gasteiger charge is 2.43. The molecule has 1 aromatic rings. The third kappa shape index (κ3) is 2.08. The topological polar surface area (TPSA) is 103 Å². The van der Waals surface area contributed by atoms with Gasteiger partial charge in [0.1, 0.15) is 24.4 Å². The lowest BCUT2D eigenvalue weighted by molar-refractivity contribution is -0.0230. The third-order valence-corrected chi connectivity index (χ3v) is 3.31. The number of pyridine rings is 1. The second-order valence-corrected chi connectivity index (χ2v) is 4.62. The molecule has 0 aromatic carbocycles. The van der Waals surface area contributed by atoms with Crippen molar-refractivity contribution in [2.75, 3.05) is 6.61 Å². The normalized spacial score (nSPS) is 31.8. The predicted molar refractivity (Wildman–Crippen MR) is 63.3 cm³/mol. The number of aryl methyl sites for hydroxylation is 2. The maximum Gasteiger partial charge on any atom is 0.251 e. The summed E-state index contributed by atoms with van der Waals surface area (Å²) in [6.45, 7) is 2.99. The Morgan fingerprint density at radius 3 is 2.56 bits per heavy atom. The number of aromatic nitrogens is 1. The van der Waals surface area contributed by atoms with Crippen LogP contribution in [0.15, 0.2) is 10.9 Å². The van der Waals surface area contributed by atoms with E-state index < -0.39 is 24.4 Å². The Hall–Kier alpha value is -1.21. The van der Waals surface area contributed by atoms with Gasteiger partial charge in [-0.25, -0.2) is 0 Å². The second-order valence-electron chi connectivity index (χ2n) is 4.62. The van der Waals surface area contributed by atoms with Gasteiger partial charge in [0.15, 0.2) is 0 Å². The zero-order valence-corrected chi connectivity index (χ0v) is 10.3. The van der Waals surface area contributed by atoms with Crippen molar-refractivity contribution >= 4 is 0 Å². The van der Waals surface area contributed by atoms with Crippen molar-refractivity contribution in [3.63, 3.8) is 0 Å². The molecular formula is C12H17NO5. The van der Waals surface area contributed by atoms with Gasteiger partial charge >= 0.3 is 0 Å². The van der Waals surface area contributed by atoms with E-state index in [1.807, 2.05) is 0 Å². The fraction of sp³-hybridized carbons (Fsp3) is 0.583. The van der Waals surface area contributed by atoms with E-state index in [1.54, 1.807) is 19.9 Å². The van der Waals surface area contributed by atoms with Crippen molar-refractivity contribution in [3.8, 4) is 0 Å². The zero-order chi connectivity index (χ0) is 13.4. The summed E-state index contributed by atoms with van der Waals surface area (Å²) in [4.78, 5) is 14.1. The van der Waals surface area contributed by atoms with Crippen LogP contribution in [0.3, 0.4) is 0 Å². The number of aliphatic hydroxyl groups excluding tert-OH is 3. The highest BCUT2D eigenvalue weighted by atomic mass is 16.6. The van der Waals surface area contributed by atoms with E-state index in [0.29, 0.717) is 16.8 Å². The number of hydrogen-bond donors (Lipinski definition) is 4. The maximum atomic E-state index is 11.4. The summed E-state index contributed by atoms with van der Waals surface area (Å²) in [5, 5.41) is 28.6. The summed E-state index contributed by atoms with van der Waals surface area (Å²) in [5.41, 5.74) is 1.52. The van der Waals surface area contributed by atoms with Gasteiger partial charge in [0.25, 0.3) is 5.56 Å². The van der Waals surface area contributed by atoms with E-state index in [-0.39, 0.29) is 12.2 Å². The minimum Gasteiger partial charge on any atom is -0.394 e. The van der Waals surface area contributed by atoms with E-state index in [1.165, 1.54) is 0 Å². The molecule has 18 heavy (non-hydrogen) atoms. The summed E-state index contributed by atoms with van der Waals surface area (Å²) in [6.07, 6.45) is -3.80. The van der Waals surface area contributed by atoms with Crippen LogP contribution in [0.5, 0.6) is 0 Å². The van der Waals surface area contributed by atoms with Gasteiger partial charge in [0, 0.05) is 16.8 Å². The molecule has 1 aliphatic rings. The molecule has 0 spiro atoms. The monoisotopic (exact) mass is 255 g/mol. The van der Waals surface area contributed by atoms with Gasteiger partial charge < -0.3 is 25.0 Å². The average molecular weight is 255 g/mol. The molecule has 6 nitrogen and oxygen atoms in total. The summed E-state index contributed by atoms with van der Waals surface area (Å²) < 4.78 is 5.42. The highest BCUT2D eigenvalue weighted by Crippen LogP contribution is 2.34. The lowest BCUT2D eigenvalue weighted by atomic mass is 9.99. The Balaban J connectivity index is 2.38. The fourth-order valence-electron chi connectivity index (χ4n) is 2.20. The smallest absolute Gasteiger partial charge is 0.251 e. The van der Waals surface area contributed by atoms with Crippen molar-refractivity contribution in [3.05, 3.63) is 33.2 Å². The first-order valence-corrected chi connectivity index (χ1v) is 5.78. The fourth-order valence-corrected chi connectivity index (χ4v) is 2.20. The summed E-state index contributed by atoms with van der Waals surface area (Å²) in [5.74, 6) is 0. The van der Waals surface area contributed by atoms with Crippen LogP contribution in [-0.2, 0) is 4.74 Å². The Morgan fingerprint density at radius 2 is 2.00 bits per heavy atom. The van der Waals surface area contributed by atoms with Crippen molar-refractivity contribution in [1.29, 1.82) is 0 Å². The first-order chi connectivity index (χ1) is 8.45. The van der Waals surface area contributed by atoms with E-state index in [9.17, 15) is 15.0 Å². The summed E-state index contributed by atoms with van der Waals surface area (Å²) >= 11 is 0. The molecule has 0 aliphatic carbocycles. The van der Waals surface area contributed by atoms with Crippen LogP contribution in [0.2, 0.25) is 0 Å². The van der Waals surface area contributed by atoms with Crippen LogP contribution < -0.4 is 5.56 Å². The van der Waals surface area contributed by atoms with Gasteiger partial charge in [0.2, 0.25) is 0 Å². The first kappa shape index (κ1) is 13.2. The Morgan fingerprint density at radius 1 is 1.33 bits per heavy atom. The summed E-state index contributed by atoms with van der Waals surface area (Å²) in [7, 11) is 0. The minimum absolute atomic E-state index is 0.192. The molecule has 0 bridgehead atoms. The molecule has 1 aromatic heterocycles. The highest BCUT2D eigenvalue weighted by molar-refractivity contribution is 5.28. The van der Waals surface area contributed by atoms with Crippen molar-refractivity contribution in [2.24, 2.45) is 0 Å². The molecule has 6 heteroatoms. The number of aliphatic hydroxyl groups is 3. The number of H-pyrrole nitrogens is 1. The van der Waals surface area contributed by atoms with Crippen LogP contribution >= 0.6 is 0 Å². The number of nitrogens with one attached hydrogen (secondary N) is 1. The molecule has 1 aliphatic heterocycles. The molecule has 2 heterocycles. The summed E-state index contributed by atoms with van der Waals surface area (Å²) in [6, 6.07) is 1.63. The van der Waals surface area contributed by atoms with Gasteiger partial charge in [-0.3, -0.25) is 4.79 Å². The van der Waals surface area contributed by atoms with Crippen molar-refractivity contribution in [1.82, 2.24) is 4.98 Å². The predicted octanol–water partition coefficient (Wildman–Crippen LogP) is -0.854. The van der Waals surface area contributed by atoms with E-state index >= 15 is 0 Å². The molecule has 100 valence electrons. The molecule has 0 amide bonds. The number of hydrogen-bond acceptors (Lipinski definition) is 5. The maximum absolute atomic E-state index is 11.4. The Kier molecular flexibility index (Phi) is 3.54. The quantitative estimate of drug-likeness (QED) is 0.551. The largest absolute Gasteiger partial charge is 0.394 e. The van der Waals surface area contributed by atoms with Gasteiger partial charge in [-0.15, -0.1) is 0 Å². The molecule has 4 N–H and O–H groups in total. The second kappa shape index (κ2) is 4.81. The van der Waals surface area contributed by atoms with E-state index in [2.05, 4.69) is 4.98 Å². The number of aromatic amines is 1. The minimum atomic E-state index is -1.13. The Bertz CT molecular complexity index is 498. The van der Waals surface area contributed by atoms with E-state index in [0.717, 1.165) is 0 Å². The van der Waals surface area contributed by atoms with Crippen LogP contribution in [0.1, 0.15) is 22.9 Å². The van der Waals surface area contributed by atoms with Crippen molar-refractivity contribution in [2.45, 2.75) is 38.3 Å². The van der Waals surface area contributed by atoms with Crippen molar-refractivity contribution < 1.29 is 20.1 Å². The van der Waals surface area contributed by atoms with Crippen LogP contribution in [-0.4, -0.2) is 45.2 Å². The number of rotatable bonds is 2. The van der Waals surface area contributed by atoms with Crippen LogP contribution in [0.25, 0.3) is 0 Å². The molecule has 0 radical (unpaired) electrons. The van der Waals surface area contributed by atoms with Gasteiger partial charge in [-0.05, 0) is 19.9 Å². The molecule has 1 fully saturated rings. The molecule has 4 atom stereocenters. The molecule has 1 unspecified atom stereocenters. The lowest BCUT2D eigenvalue weighted by Crippen LogP contribution is -2.32. The van der Waals surface area contributed by atoms with Gasteiger partial charge in [-0.2, -0.15) is 0 Å². The van der Waals surface area contributed by atoms with Crippen LogP contribution in [0, 0.1) is 13.8 Å². The SMILES string of the molecule is Cc1[nH]c(=O)c(C)cc1[C@@H]1O[C@H](CO)C(O)[C@@H]1O. The third-order valence-electron chi connectivity index (χ3n) is 3.31. The molecular weight excluding hydrogens is 238 g/mol. The molecule has 2 rings (SSSR count). The zero-order valence-electron chi connectivity index (χ0n) is 10.3. The van der Waals surface area contributed by atoms with Gasteiger partial charge in [0.05, 0.1) is 6.61 Å². The number of ether oxygens (including phenoxy) is 1. The van der Waals surface area contributed by atoms with Gasteiger partial charge in [-0.1, -0.05) is 0 Å². The lowest BCUT2D eigenvalue weighted by Gasteiger charge is -2.17. The standard InChI is InChI=1S/C12H17NO5/c1-5-3-7(6(2)13-12(5)17)11-10(16)9(15)8(4-14)18-11/h3,8-11,14-16H,4H2,1-2H3,(H,13,17)/t8-,9?,10+,11+/m1/s1. The first-order valence-electron chi connectivity index (χ1n) is 5.78. The average Bonchev–Trinajstić information content (AvgIpc) is 2.61. The van der Waals surface area contributed by atoms with E-state index in [4.69, 9.17) is 9.84 Å². The van der Waals surface area contributed by atoms with Crippen LogP contribution in [0.4, 0.5) is 0 Å². The molecule has 1 saturated heterocycles. The molecule has 0 saturated carbocycles.